The van der Waals surface area contributed by atoms with Crippen LogP contribution in [0.2, 0.25) is 0 Å². The lowest BCUT2D eigenvalue weighted by atomic mass is 10.2. The van der Waals surface area contributed by atoms with Crippen LogP contribution in [-0.2, 0) is 11.3 Å². The van der Waals surface area contributed by atoms with Gasteiger partial charge in [0.15, 0.2) is 0 Å². The number of thiophene rings is 1. The number of ether oxygens (including phenoxy) is 1. The van der Waals surface area contributed by atoms with Gasteiger partial charge in [-0.05, 0) is 60.5 Å². The van der Waals surface area contributed by atoms with Crippen molar-refractivity contribution in [3.05, 3.63) is 50.6 Å². The maximum Gasteiger partial charge on any atom is 0.407 e. The fraction of sp³-hybridized carbons (Fsp3) is 0.294. The quantitative estimate of drug-likeness (QED) is 0.761. The number of amides is 2. The summed E-state index contributed by atoms with van der Waals surface area (Å²) in [6, 6.07) is 9.06. The van der Waals surface area contributed by atoms with Gasteiger partial charge in [0.25, 0.3) is 5.91 Å². The van der Waals surface area contributed by atoms with E-state index < -0.39 is 11.7 Å². The predicted molar refractivity (Wildman–Crippen MR) is 99.5 cm³/mol. The van der Waals surface area contributed by atoms with E-state index in [1.54, 1.807) is 18.2 Å². The maximum absolute atomic E-state index is 12.1. The van der Waals surface area contributed by atoms with E-state index in [4.69, 9.17) is 4.74 Å². The van der Waals surface area contributed by atoms with Crippen molar-refractivity contribution in [3.8, 4) is 0 Å². The normalized spacial score (nSPS) is 11.0. The first-order chi connectivity index (χ1) is 11.2. The van der Waals surface area contributed by atoms with E-state index in [9.17, 15) is 9.59 Å². The van der Waals surface area contributed by atoms with Crippen LogP contribution in [0.1, 0.15) is 36.0 Å². The average molecular weight is 411 g/mol. The third kappa shape index (κ3) is 5.98. The van der Waals surface area contributed by atoms with Crippen LogP contribution in [0.15, 0.2) is 40.2 Å². The largest absolute Gasteiger partial charge is 0.444 e. The summed E-state index contributed by atoms with van der Waals surface area (Å²) < 4.78 is 6.07. The Morgan fingerprint density at radius 1 is 1.21 bits per heavy atom. The van der Waals surface area contributed by atoms with E-state index in [0.29, 0.717) is 17.1 Å². The summed E-state index contributed by atoms with van der Waals surface area (Å²) in [7, 11) is 0. The van der Waals surface area contributed by atoms with Crippen molar-refractivity contribution in [1.82, 2.24) is 5.32 Å². The highest BCUT2D eigenvalue weighted by Crippen LogP contribution is 2.21. The Hall–Kier alpha value is -1.86. The number of anilines is 1. The molecule has 0 saturated carbocycles. The zero-order valence-corrected chi connectivity index (χ0v) is 16.1. The third-order valence-corrected chi connectivity index (χ3v) is 4.53. The van der Waals surface area contributed by atoms with E-state index in [0.717, 1.165) is 10.0 Å². The first kappa shape index (κ1) is 18.5. The van der Waals surface area contributed by atoms with E-state index in [-0.39, 0.29) is 5.91 Å². The number of rotatable bonds is 4. The molecule has 0 aliphatic carbocycles. The standard InChI is InChI=1S/C17H19BrN2O3S/c1-17(2,3)23-16(22)19-9-11-4-6-13(7-5-11)20-15(21)14-8-12(18)10-24-14/h4-8,10H,9H2,1-3H3,(H,19,22)(H,20,21). The van der Waals surface area contributed by atoms with Crippen LogP contribution < -0.4 is 10.6 Å². The van der Waals surface area contributed by atoms with E-state index >= 15 is 0 Å². The molecule has 0 saturated heterocycles. The van der Waals surface area contributed by atoms with Crippen LogP contribution in [0.3, 0.4) is 0 Å². The van der Waals surface area contributed by atoms with Gasteiger partial charge in [0.05, 0.1) is 4.88 Å². The van der Waals surface area contributed by atoms with Gasteiger partial charge in [-0.1, -0.05) is 12.1 Å². The van der Waals surface area contributed by atoms with Gasteiger partial charge < -0.3 is 15.4 Å². The van der Waals surface area contributed by atoms with Gasteiger partial charge in [-0.3, -0.25) is 4.79 Å². The summed E-state index contributed by atoms with van der Waals surface area (Å²) in [4.78, 5) is 24.3. The minimum Gasteiger partial charge on any atom is -0.444 e. The van der Waals surface area contributed by atoms with Crippen LogP contribution >= 0.6 is 27.3 Å². The Labute approximate surface area is 153 Å². The van der Waals surface area contributed by atoms with Crippen molar-refractivity contribution in [2.75, 3.05) is 5.32 Å². The Bertz CT molecular complexity index is 720. The second-order valence-electron chi connectivity index (χ2n) is 6.14. The Kier molecular flexibility index (Phi) is 6.01. The first-order valence-corrected chi connectivity index (χ1v) is 9.01. The number of benzene rings is 1. The lowest BCUT2D eigenvalue weighted by Gasteiger charge is -2.19. The number of hydrogen-bond donors (Lipinski definition) is 2. The molecule has 5 nitrogen and oxygen atoms in total. The summed E-state index contributed by atoms with van der Waals surface area (Å²) in [5, 5.41) is 7.39. The smallest absolute Gasteiger partial charge is 0.407 e. The topological polar surface area (TPSA) is 67.4 Å². The molecule has 1 aromatic heterocycles. The number of nitrogens with one attached hydrogen (secondary N) is 2. The van der Waals surface area contributed by atoms with Crippen LogP contribution in [-0.4, -0.2) is 17.6 Å². The van der Waals surface area contributed by atoms with Crippen molar-refractivity contribution in [3.63, 3.8) is 0 Å². The molecule has 0 bridgehead atoms. The number of carbonyl (C=O) groups is 2. The summed E-state index contributed by atoms with van der Waals surface area (Å²) in [5.74, 6) is -0.148. The van der Waals surface area contributed by atoms with Gasteiger partial charge >= 0.3 is 6.09 Å². The molecular formula is C17H19BrN2O3S. The molecule has 0 atom stereocenters. The van der Waals surface area contributed by atoms with Crippen LogP contribution in [0.5, 0.6) is 0 Å². The highest BCUT2D eigenvalue weighted by Gasteiger charge is 2.15. The Balaban J connectivity index is 1.86. The van der Waals surface area contributed by atoms with Gasteiger partial charge in [-0.2, -0.15) is 0 Å². The summed E-state index contributed by atoms with van der Waals surface area (Å²) in [5.41, 5.74) is 1.10. The number of carbonyl (C=O) groups excluding carboxylic acids is 2. The highest BCUT2D eigenvalue weighted by molar-refractivity contribution is 9.10. The van der Waals surface area contributed by atoms with Crippen molar-refractivity contribution in [1.29, 1.82) is 0 Å². The Morgan fingerprint density at radius 2 is 1.88 bits per heavy atom. The molecule has 2 aromatic rings. The van der Waals surface area contributed by atoms with Crippen LogP contribution in [0.4, 0.5) is 10.5 Å². The van der Waals surface area contributed by atoms with Gasteiger partial charge in [0.1, 0.15) is 5.60 Å². The van der Waals surface area contributed by atoms with E-state index in [2.05, 4.69) is 26.6 Å². The molecule has 7 heteroatoms. The monoisotopic (exact) mass is 410 g/mol. The molecule has 0 radical (unpaired) electrons. The molecule has 2 rings (SSSR count). The van der Waals surface area contributed by atoms with Gasteiger partial charge in [0.2, 0.25) is 0 Å². The SMILES string of the molecule is CC(C)(C)OC(=O)NCc1ccc(NC(=O)c2cc(Br)cs2)cc1. The minimum absolute atomic E-state index is 0.148. The minimum atomic E-state index is -0.519. The molecule has 2 amide bonds. The first-order valence-electron chi connectivity index (χ1n) is 7.34. The second-order valence-corrected chi connectivity index (χ2v) is 7.96. The molecule has 0 spiro atoms. The number of halogens is 1. The molecule has 2 N–H and O–H groups in total. The number of hydrogen-bond acceptors (Lipinski definition) is 4. The molecule has 0 unspecified atom stereocenters. The second kappa shape index (κ2) is 7.81. The van der Waals surface area contributed by atoms with Crippen LogP contribution in [0.25, 0.3) is 0 Å². The van der Waals surface area contributed by atoms with Crippen LogP contribution in [0, 0.1) is 0 Å². The van der Waals surface area contributed by atoms with Gasteiger partial charge in [0, 0.05) is 22.1 Å². The molecule has 1 heterocycles. The van der Waals surface area contributed by atoms with Crippen molar-refractivity contribution >= 4 is 45.0 Å². The summed E-state index contributed by atoms with van der Waals surface area (Å²) in [6.45, 7) is 5.81. The lowest BCUT2D eigenvalue weighted by molar-refractivity contribution is 0.0523. The molecule has 0 aliphatic heterocycles. The fourth-order valence-electron chi connectivity index (χ4n) is 1.82. The molecule has 0 aliphatic rings. The highest BCUT2D eigenvalue weighted by atomic mass is 79.9. The molecule has 24 heavy (non-hydrogen) atoms. The maximum atomic E-state index is 12.1. The molecule has 1 aromatic carbocycles. The molecular weight excluding hydrogens is 392 g/mol. The van der Waals surface area contributed by atoms with Crippen molar-refractivity contribution in [2.45, 2.75) is 32.9 Å². The summed E-state index contributed by atoms with van der Waals surface area (Å²) >= 11 is 4.70. The van der Waals surface area contributed by atoms with Crippen molar-refractivity contribution < 1.29 is 14.3 Å². The van der Waals surface area contributed by atoms with Gasteiger partial charge in [-0.25, -0.2) is 4.79 Å². The molecule has 0 fully saturated rings. The zero-order chi connectivity index (χ0) is 17.7. The zero-order valence-electron chi connectivity index (χ0n) is 13.7. The van der Waals surface area contributed by atoms with E-state index in [1.807, 2.05) is 38.3 Å². The molecule has 128 valence electrons. The predicted octanol–water partition coefficient (Wildman–Crippen LogP) is 4.79. The van der Waals surface area contributed by atoms with Crippen molar-refractivity contribution in [2.24, 2.45) is 0 Å². The summed E-state index contributed by atoms with van der Waals surface area (Å²) in [6.07, 6.45) is -0.455. The number of alkyl carbamates (subject to hydrolysis) is 1. The lowest BCUT2D eigenvalue weighted by Crippen LogP contribution is -2.32. The van der Waals surface area contributed by atoms with E-state index in [1.165, 1.54) is 11.3 Å². The Morgan fingerprint density at radius 3 is 2.42 bits per heavy atom. The third-order valence-electron chi connectivity index (χ3n) is 2.84. The fourth-order valence-corrected chi connectivity index (χ4v) is 3.14. The van der Waals surface area contributed by atoms with Gasteiger partial charge in [-0.15, -0.1) is 11.3 Å². The average Bonchev–Trinajstić information content (AvgIpc) is 2.91.